The van der Waals surface area contributed by atoms with Crippen LogP contribution in [0.5, 0.6) is 5.75 Å². The number of benzene rings is 2. The highest BCUT2D eigenvalue weighted by Gasteiger charge is 2.49. The van der Waals surface area contributed by atoms with Gasteiger partial charge in [-0.1, -0.05) is 12.1 Å². The summed E-state index contributed by atoms with van der Waals surface area (Å²) >= 11 is 0. The predicted octanol–water partition coefficient (Wildman–Crippen LogP) is 2.19. The molecule has 1 atom stereocenters. The van der Waals surface area contributed by atoms with Crippen LogP contribution >= 0.6 is 0 Å². The summed E-state index contributed by atoms with van der Waals surface area (Å²) in [6.07, 6.45) is 0.343. The number of sulfone groups is 1. The van der Waals surface area contributed by atoms with Crippen LogP contribution in [-0.4, -0.2) is 41.8 Å². The Morgan fingerprint density at radius 1 is 1.17 bits per heavy atom. The lowest BCUT2D eigenvalue weighted by Gasteiger charge is -2.38. The molecule has 8 nitrogen and oxygen atoms in total. The summed E-state index contributed by atoms with van der Waals surface area (Å²) in [6.45, 7) is 1.94. The van der Waals surface area contributed by atoms with Crippen LogP contribution in [-0.2, 0) is 15.5 Å². The average Bonchev–Trinajstić information content (AvgIpc) is 3.04. The zero-order valence-electron chi connectivity index (χ0n) is 16.5. The van der Waals surface area contributed by atoms with Gasteiger partial charge >= 0.3 is 0 Å². The molecule has 30 heavy (non-hydrogen) atoms. The number of aryl methyl sites for hydroxylation is 1. The largest absolute Gasteiger partial charge is 0.497 e. The molecule has 2 aromatic carbocycles. The van der Waals surface area contributed by atoms with Crippen molar-refractivity contribution in [2.45, 2.75) is 19.0 Å². The maximum atomic E-state index is 12.9. The lowest BCUT2D eigenvalue weighted by Crippen LogP contribution is -2.48. The van der Waals surface area contributed by atoms with Gasteiger partial charge in [0.05, 0.1) is 18.6 Å². The second kappa shape index (κ2) is 6.40. The second-order valence-corrected chi connectivity index (χ2v) is 9.91. The minimum absolute atomic E-state index is 0.0479. The Morgan fingerprint density at radius 2 is 1.93 bits per heavy atom. The molecule has 0 unspecified atom stereocenters. The van der Waals surface area contributed by atoms with Crippen LogP contribution in [0.1, 0.15) is 12.0 Å². The molecule has 1 N–H and O–H groups in total. The van der Waals surface area contributed by atoms with Crippen LogP contribution in [0.4, 0.5) is 5.69 Å². The minimum Gasteiger partial charge on any atom is -0.497 e. The van der Waals surface area contributed by atoms with Crippen LogP contribution in [0.3, 0.4) is 0 Å². The maximum absolute atomic E-state index is 12.9. The molecule has 1 aromatic heterocycles. The van der Waals surface area contributed by atoms with E-state index in [-0.39, 0.29) is 17.2 Å². The van der Waals surface area contributed by atoms with E-state index in [2.05, 4.69) is 15.4 Å². The number of aromatic nitrogens is 3. The number of anilines is 1. The van der Waals surface area contributed by atoms with Crippen molar-refractivity contribution in [3.05, 3.63) is 58.4 Å². The van der Waals surface area contributed by atoms with Gasteiger partial charge < -0.3 is 10.1 Å². The summed E-state index contributed by atoms with van der Waals surface area (Å²) in [5, 5.41) is 8.07. The molecule has 3 heterocycles. The number of ether oxygens (including phenoxy) is 1. The van der Waals surface area contributed by atoms with Gasteiger partial charge in [0.25, 0.3) is 5.56 Å². The van der Waals surface area contributed by atoms with Crippen LogP contribution in [0.25, 0.3) is 22.6 Å². The van der Waals surface area contributed by atoms with Crippen molar-refractivity contribution in [2.75, 3.05) is 23.9 Å². The Kier molecular flexibility index (Phi) is 4.01. The Balaban J connectivity index is 1.77. The molecule has 5 rings (SSSR count). The lowest BCUT2D eigenvalue weighted by atomic mass is 9.99. The Bertz CT molecular complexity index is 1330. The van der Waals surface area contributed by atoms with E-state index in [1.54, 1.807) is 36.1 Å². The third-order valence-corrected chi connectivity index (χ3v) is 7.48. The quantitative estimate of drug-likeness (QED) is 0.673. The first kappa shape index (κ1) is 18.8. The standard InChI is InChI=1S/C21H20N4O4S/c1-13-4-3-5-16-17(13)23-21(10-11-30(27,28)12-21)25-19(16)22-20(26)18(24-25)14-6-8-15(29-2)9-7-14/h3-9,23H,10-12H2,1-2H3/t21-/m0/s1. The molecular formula is C21H20N4O4S. The number of hydrogen-bond donors (Lipinski definition) is 1. The fraction of sp³-hybridized carbons (Fsp3) is 0.286. The molecule has 0 amide bonds. The van der Waals surface area contributed by atoms with Crippen molar-refractivity contribution in [2.24, 2.45) is 0 Å². The number of fused-ring (bicyclic) bond motifs is 4. The van der Waals surface area contributed by atoms with Crippen molar-refractivity contribution >= 4 is 15.5 Å². The highest BCUT2D eigenvalue weighted by Crippen LogP contribution is 2.43. The van der Waals surface area contributed by atoms with Gasteiger partial charge in [-0.2, -0.15) is 10.1 Å². The van der Waals surface area contributed by atoms with Crippen molar-refractivity contribution in [3.8, 4) is 28.4 Å². The first-order chi connectivity index (χ1) is 14.3. The van der Waals surface area contributed by atoms with Crippen molar-refractivity contribution in [3.63, 3.8) is 0 Å². The normalized spacial score (nSPS) is 21.0. The summed E-state index contributed by atoms with van der Waals surface area (Å²) in [6, 6.07) is 12.6. The number of rotatable bonds is 2. The van der Waals surface area contributed by atoms with E-state index in [1.807, 2.05) is 25.1 Å². The van der Waals surface area contributed by atoms with Crippen LogP contribution in [0.15, 0.2) is 47.3 Å². The van der Waals surface area contributed by atoms with E-state index in [4.69, 9.17) is 4.74 Å². The van der Waals surface area contributed by atoms with Gasteiger partial charge in [-0.25, -0.2) is 13.1 Å². The van der Waals surface area contributed by atoms with E-state index in [9.17, 15) is 13.2 Å². The molecule has 154 valence electrons. The number of nitrogens with zero attached hydrogens (tertiary/aromatic N) is 3. The van der Waals surface area contributed by atoms with Crippen molar-refractivity contribution in [1.82, 2.24) is 14.8 Å². The monoisotopic (exact) mass is 424 g/mol. The third kappa shape index (κ3) is 2.80. The fourth-order valence-electron chi connectivity index (χ4n) is 4.19. The molecular weight excluding hydrogens is 404 g/mol. The summed E-state index contributed by atoms with van der Waals surface area (Å²) in [5.74, 6) is 0.980. The summed E-state index contributed by atoms with van der Waals surface area (Å²) in [4.78, 5) is 17.3. The Morgan fingerprint density at radius 3 is 2.60 bits per heavy atom. The van der Waals surface area contributed by atoms with Gasteiger partial charge in [-0.15, -0.1) is 0 Å². The zero-order chi connectivity index (χ0) is 21.1. The van der Waals surface area contributed by atoms with Gasteiger partial charge in [0.2, 0.25) is 0 Å². The summed E-state index contributed by atoms with van der Waals surface area (Å²) in [7, 11) is -1.69. The smallest absolute Gasteiger partial charge is 0.300 e. The fourth-order valence-corrected chi connectivity index (χ4v) is 6.05. The second-order valence-electron chi connectivity index (χ2n) is 7.73. The minimum atomic E-state index is -3.25. The van der Waals surface area contributed by atoms with Gasteiger partial charge in [-0.05, 0) is 42.8 Å². The molecule has 0 radical (unpaired) electrons. The number of nitrogens with one attached hydrogen (secondary N) is 1. The Labute approximate surface area is 173 Å². The van der Waals surface area contributed by atoms with Gasteiger partial charge in [0, 0.05) is 23.2 Å². The molecule has 1 saturated heterocycles. The lowest BCUT2D eigenvalue weighted by molar-refractivity contribution is 0.331. The zero-order valence-corrected chi connectivity index (χ0v) is 17.4. The number of hydrogen-bond acceptors (Lipinski definition) is 7. The summed E-state index contributed by atoms with van der Waals surface area (Å²) < 4.78 is 31.6. The molecule has 2 aliphatic heterocycles. The number of para-hydroxylation sites is 1. The molecule has 1 fully saturated rings. The molecule has 0 aliphatic carbocycles. The maximum Gasteiger partial charge on any atom is 0.300 e. The molecule has 0 bridgehead atoms. The molecule has 2 aliphatic rings. The van der Waals surface area contributed by atoms with Crippen LogP contribution in [0, 0.1) is 6.92 Å². The SMILES string of the molecule is COc1ccc(-c2nn3c(nc2=O)-c2cccc(C)c2N[C@@]32CCS(=O)(=O)C2)cc1. The van der Waals surface area contributed by atoms with Gasteiger partial charge in [0.15, 0.2) is 21.4 Å². The first-order valence-electron chi connectivity index (χ1n) is 9.57. The highest BCUT2D eigenvalue weighted by atomic mass is 32.2. The highest BCUT2D eigenvalue weighted by molar-refractivity contribution is 7.91. The van der Waals surface area contributed by atoms with E-state index in [0.29, 0.717) is 23.6 Å². The van der Waals surface area contributed by atoms with Gasteiger partial charge in [0.1, 0.15) is 11.4 Å². The number of methoxy groups -OCH3 is 1. The topological polar surface area (TPSA) is 103 Å². The third-order valence-electron chi connectivity index (χ3n) is 5.74. The van der Waals surface area contributed by atoms with E-state index in [0.717, 1.165) is 16.8 Å². The van der Waals surface area contributed by atoms with Crippen LogP contribution in [0.2, 0.25) is 0 Å². The van der Waals surface area contributed by atoms with Crippen molar-refractivity contribution in [1.29, 1.82) is 0 Å². The molecule has 0 saturated carbocycles. The van der Waals surface area contributed by atoms with Crippen molar-refractivity contribution < 1.29 is 13.2 Å². The first-order valence-corrected chi connectivity index (χ1v) is 11.4. The van der Waals surface area contributed by atoms with Crippen LogP contribution < -0.4 is 15.6 Å². The Hall–Kier alpha value is -3.20. The molecule has 9 heteroatoms. The van der Waals surface area contributed by atoms with E-state index in [1.165, 1.54) is 0 Å². The molecule has 3 aromatic rings. The summed E-state index contributed by atoms with van der Waals surface area (Å²) in [5.41, 5.74) is 1.80. The predicted molar refractivity (Wildman–Crippen MR) is 113 cm³/mol. The van der Waals surface area contributed by atoms with Gasteiger partial charge in [-0.3, -0.25) is 4.79 Å². The molecule has 1 spiro atoms. The van der Waals surface area contributed by atoms with E-state index >= 15 is 0 Å². The average molecular weight is 424 g/mol. The van der Waals surface area contributed by atoms with E-state index < -0.39 is 21.1 Å².